The summed E-state index contributed by atoms with van der Waals surface area (Å²) in [5.74, 6) is -0.273. The Hall–Kier alpha value is -1.25. The summed E-state index contributed by atoms with van der Waals surface area (Å²) in [7, 11) is -3.99. The zero-order valence-electron chi connectivity index (χ0n) is 12.0. The number of hydrogen-bond acceptors (Lipinski definition) is 4. The van der Waals surface area contributed by atoms with Crippen LogP contribution in [0.3, 0.4) is 0 Å². The molecule has 1 fully saturated rings. The van der Waals surface area contributed by atoms with Crippen molar-refractivity contribution in [3.05, 3.63) is 33.9 Å². The molecule has 0 atom stereocenters. The Labute approximate surface area is 147 Å². The molecule has 0 saturated heterocycles. The second kappa shape index (κ2) is 6.33. The summed E-state index contributed by atoms with van der Waals surface area (Å²) >= 11 is 8.99. The first-order valence-electron chi connectivity index (χ1n) is 7.13. The first kappa shape index (κ1) is 16.6. The number of benzene rings is 1. The second-order valence-corrected chi connectivity index (χ2v) is 8.43. The van der Waals surface area contributed by atoms with E-state index in [1.807, 2.05) is 0 Å². The number of aromatic hydroxyl groups is 1. The SMILES string of the molecule is O=S(=O)(Nc1ccn(C2CCCC2)n1)c1cc(Br)cc(Cl)c1O. The minimum atomic E-state index is -3.99. The van der Waals surface area contributed by atoms with Gasteiger partial charge in [-0.3, -0.25) is 9.40 Å². The van der Waals surface area contributed by atoms with Gasteiger partial charge < -0.3 is 5.11 Å². The molecule has 1 saturated carbocycles. The molecule has 1 aliphatic carbocycles. The van der Waals surface area contributed by atoms with Crippen molar-refractivity contribution in [1.29, 1.82) is 0 Å². The van der Waals surface area contributed by atoms with Crippen LogP contribution >= 0.6 is 27.5 Å². The molecular formula is C14H15BrClN3O3S. The molecular weight excluding hydrogens is 406 g/mol. The van der Waals surface area contributed by atoms with Crippen LogP contribution in [-0.2, 0) is 10.0 Å². The van der Waals surface area contributed by atoms with Crippen LogP contribution in [0.5, 0.6) is 5.75 Å². The van der Waals surface area contributed by atoms with Gasteiger partial charge in [0.15, 0.2) is 11.6 Å². The number of phenolic OH excluding ortho intramolecular Hbond substituents is 1. The highest BCUT2D eigenvalue weighted by Crippen LogP contribution is 2.35. The molecule has 0 bridgehead atoms. The summed E-state index contributed by atoms with van der Waals surface area (Å²) in [6.07, 6.45) is 6.19. The van der Waals surface area contributed by atoms with Gasteiger partial charge in [0.1, 0.15) is 4.90 Å². The van der Waals surface area contributed by atoms with E-state index in [1.54, 1.807) is 16.9 Å². The largest absolute Gasteiger partial charge is 0.505 e. The summed E-state index contributed by atoms with van der Waals surface area (Å²) in [6.45, 7) is 0. The van der Waals surface area contributed by atoms with Crippen molar-refractivity contribution in [3.63, 3.8) is 0 Å². The molecule has 0 spiro atoms. The highest BCUT2D eigenvalue weighted by Gasteiger charge is 2.23. The van der Waals surface area contributed by atoms with Gasteiger partial charge in [0.2, 0.25) is 0 Å². The van der Waals surface area contributed by atoms with E-state index in [-0.39, 0.29) is 15.7 Å². The summed E-state index contributed by atoms with van der Waals surface area (Å²) in [5.41, 5.74) is 0. The van der Waals surface area contributed by atoms with Gasteiger partial charge in [-0.1, -0.05) is 40.4 Å². The van der Waals surface area contributed by atoms with Crippen LogP contribution in [-0.4, -0.2) is 23.3 Å². The van der Waals surface area contributed by atoms with Crippen LogP contribution in [0.25, 0.3) is 0 Å². The lowest BCUT2D eigenvalue weighted by atomic mass is 10.3. The predicted octanol–water partition coefficient (Wildman–Crippen LogP) is 3.92. The third-order valence-electron chi connectivity index (χ3n) is 3.83. The van der Waals surface area contributed by atoms with Gasteiger partial charge in [-0.2, -0.15) is 5.10 Å². The lowest BCUT2D eigenvalue weighted by Crippen LogP contribution is -2.14. The molecule has 1 aromatic heterocycles. The first-order valence-corrected chi connectivity index (χ1v) is 9.78. The maximum Gasteiger partial charge on any atom is 0.266 e. The number of anilines is 1. The van der Waals surface area contributed by atoms with Crippen LogP contribution in [0.1, 0.15) is 31.7 Å². The third-order valence-corrected chi connectivity index (χ3v) is 5.94. The zero-order chi connectivity index (χ0) is 16.6. The average Bonchev–Trinajstić information content (AvgIpc) is 3.12. The topological polar surface area (TPSA) is 84.2 Å². The summed E-state index contributed by atoms with van der Waals surface area (Å²) in [5, 5.41) is 14.1. The Balaban J connectivity index is 1.87. The van der Waals surface area contributed by atoms with Crippen LogP contribution in [0, 0.1) is 0 Å². The molecule has 2 aromatic rings. The van der Waals surface area contributed by atoms with E-state index in [2.05, 4.69) is 25.8 Å². The molecule has 124 valence electrons. The Bertz CT molecular complexity index is 832. The number of phenols is 1. The molecule has 0 unspecified atom stereocenters. The van der Waals surface area contributed by atoms with Crippen molar-refractivity contribution < 1.29 is 13.5 Å². The quantitative estimate of drug-likeness (QED) is 0.785. The lowest BCUT2D eigenvalue weighted by molar-refractivity contribution is 0.459. The van der Waals surface area contributed by atoms with Gasteiger partial charge in [0.05, 0.1) is 11.1 Å². The van der Waals surface area contributed by atoms with Gasteiger partial charge in [0, 0.05) is 16.7 Å². The van der Waals surface area contributed by atoms with Crippen LogP contribution in [0.15, 0.2) is 33.8 Å². The molecule has 9 heteroatoms. The number of sulfonamides is 1. The molecule has 6 nitrogen and oxygen atoms in total. The van der Waals surface area contributed by atoms with Crippen molar-refractivity contribution in [2.75, 3.05) is 4.72 Å². The second-order valence-electron chi connectivity index (χ2n) is 5.46. The van der Waals surface area contributed by atoms with Crippen molar-refractivity contribution in [1.82, 2.24) is 9.78 Å². The van der Waals surface area contributed by atoms with Crippen molar-refractivity contribution in [2.24, 2.45) is 0 Å². The molecule has 1 aromatic carbocycles. The highest BCUT2D eigenvalue weighted by atomic mass is 79.9. The van der Waals surface area contributed by atoms with E-state index in [4.69, 9.17) is 11.6 Å². The maximum atomic E-state index is 12.5. The molecule has 1 heterocycles. The Morgan fingerprint density at radius 2 is 2.04 bits per heavy atom. The molecule has 0 amide bonds. The molecule has 1 aliphatic rings. The average molecular weight is 421 g/mol. The number of hydrogen-bond donors (Lipinski definition) is 2. The molecule has 23 heavy (non-hydrogen) atoms. The van der Waals surface area contributed by atoms with E-state index < -0.39 is 15.8 Å². The summed E-state index contributed by atoms with van der Waals surface area (Å²) in [6, 6.07) is 4.64. The summed E-state index contributed by atoms with van der Waals surface area (Å²) in [4.78, 5) is -0.299. The Morgan fingerprint density at radius 1 is 1.35 bits per heavy atom. The van der Waals surface area contributed by atoms with Crippen LogP contribution in [0.4, 0.5) is 5.82 Å². The number of aromatic nitrogens is 2. The Kier molecular flexibility index (Phi) is 4.57. The fraction of sp³-hybridized carbons (Fsp3) is 0.357. The minimum Gasteiger partial charge on any atom is -0.505 e. The van der Waals surface area contributed by atoms with E-state index >= 15 is 0 Å². The fourth-order valence-electron chi connectivity index (χ4n) is 2.70. The van der Waals surface area contributed by atoms with Gasteiger partial charge in [-0.25, -0.2) is 8.42 Å². The summed E-state index contributed by atoms with van der Waals surface area (Å²) < 4.78 is 29.5. The monoisotopic (exact) mass is 419 g/mol. The predicted molar refractivity (Wildman–Crippen MR) is 91.4 cm³/mol. The van der Waals surface area contributed by atoms with Crippen molar-refractivity contribution >= 4 is 43.4 Å². The fourth-order valence-corrected chi connectivity index (χ4v) is 4.86. The normalized spacial score (nSPS) is 15.9. The third kappa shape index (κ3) is 3.49. The molecule has 0 aliphatic heterocycles. The lowest BCUT2D eigenvalue weighted by Gasteiger charge is -2.10. The maximum absolute atomic E-state index is 12.5. The smallest absolute Gasteiger partial charge is 0.266 e. The Morgan fingerprint density at radius 3 is 2.74 bits per heavy atom. The van der Waals surface area contributed by atoms with Crippen LogP contribution in [0.2, 0.25) is 5.02 Å². The molecule has 0 radical (unpaired) electrons. The number of rotatable bonds is 4. The van der Waals surface area contributed by atoms with Crippen molar-refractivity contribution in [2.45, 2.75) is 36.6 Å². The highest BCUT2D eigenvalue weighted by molar-refractivity contribution is 9.10. The number of nitrogens with zero attached hydrogens (tertiary/aromatic N) is 2. The molecule has 3 rings (SSSR count). The van der Waals surface area contributed by atoms with Gasteiger partial charge >= 0.3 is 0 Å². The standard InChI is InChI=1S/C14H15BrClN3O3S/c15-9-7-11(16)14(20)12(8-9)23(21,22)18-13-5-6-19(17-13)10-3-1-2-4-10/h5-8,10,20H,1-4H2,(H,17,18). The van der Waals surface area contributed by atoms with Gasteiger partial charge in [-0.05, 0) is 25.0 Å². The minimum absolute atomic E-state index is 0.0452. The molecule has 2 N–H and O–H groups in total. The van der Waals surface area contributed by atoms with Crippen LogP contribution < -0.4 is 4.72 Å². The van der Waals surface area contributed by atoms with E-state index in [0.29, 0.717) is 10.5 Å². The number of halogens is 2. The van der Waals surface area contributed by atoms with Gasteiger partial charge in [-0.15, -0.1) is 0 Å². The first-order chi connectivity index (χ1) is 10.9. The number of nitrogens with one attached hydrogen (secondary N) is 1. The van der Waals surface area contributed by atoms with E-state index in [1.165, 1.54) is 12.1 Å². The van der Waals surface area contributed by atoms with E-state index in [0.717, 1.165) is 25.7 Å². The van der Waals surface area contributed by atoms with Gasteiger partial charge in [0.25, 0.3) is 10.0 Å². The van der Waals surface area contributed by atoms with Crippen molar-refractivity contribution in [3.8, 4) is 5.75 Å². The van der Waals surface area contributed by atoms with E-state index in [9.17, 15) is 13.5 Å². The zero-order valence-corrected chi connectivity index (χ0v) is 15.2.